The number of aryl methyl sites for hydroxylation is 2. The third kappa shape index (κ3) is 4.11. The third-order valence-corrected chi connectivity index (χ3v) is 5.94. The van der Waals surface area contributed by atoms with Gasteiger partial charge in [-0.15, -0.1) is 0 Å². The molecule has 2 heterocycles. The summed E-state index contributed by atoms with van der Waals surface area (Å²) in [5.41, 5.74) is 3.23. The zero-order valence-corrected chi connectivity index (χ0v) is 16.4. The van der Waals surface area contributed by atoms with Crippen molar-refractivity contribution in [2.75, 3.05) is 20.2 Å². The minimum Gasteiger partial charge on any atom is -0.497 e. The van der Waals surface area contributed by atoms with Crippen molar-refractivity contribution in [3.05, 3.63) is 57.5 Å². The fourth-order valence-electron chi connectivity index (χ4n) is 4.21. The third-order valence-electron chi connectivity index (χ3n) is 5.94. The Morgan fingerprint density at radius 2 is 1.93 bits per heavy atom. The van der Waals surface area contributed by atoms with Crippen molar-refractivity contribution in [2.45, 2.75) is 45.1 Å². The van der Waals surface area contributed by atoms with Crippen molar-refractivity contribution in [3.63, 3.8) is 0 Å². The summed E-state index contributed by atoms with van der Waals surface area (Å²) in [7, 11) is 1.64. The van der Waals surface area contributed by atoms with Crippen LogP contribution in [0.3, 0.4) is 0 Å². The van der Waals surface area contributed by atoms with E-state index in [1.165, 1.54) is 0 Å². The van der Waals surface area contributed by atoms with Crippen LogP contribution in [-0.4, -0.2) is 40.8 Å². The van der Waals surface area contributed by atoms with Gasteiger partial charge in [-0.05, 0) is 61.3 Å². The largest absolute Gasteiger partial charge is 0.497 e. The summed E-state index contributed by atoms with van der Waals surface area (Å²) in [5, 5.41) is 4.58. The van der Waals surface area contributed by atoms with E-state index in [9.17, 15) is 9.59 Å². The maximum absolute atomic E-state index is 12.6. The average molecular weight is 381 g/mol. The number of piperidine rings is 1. The van der Waals surface area contributed by atoms with Gasteiger partial charge >= 0.3 is 0 Å². The van der Waals surface area contributed by atoms with Crippen LogP contribution in [0.25, 0.3) is 0 Å². The summed E-state index contributed by atoms with van der Waals surface area (Å²) < 4.78 is 6.80. The van der Waals surface area contributed by atoms with E-state index in [1.807, 2.05) is 29.2 Å². The Labute approximate surface area is 165 Å². The molecule has 0 radical (unpaired) electrons. The first-order chi connectivity index (χ1) is 13.6. The van der Waals surface area contributed by atoms with Crippen molar-refractivity contribution >= 4 is 5.91 Å². The molecule has 0 atom stereocenters. The van der Waals surface area contributed by atoms with Crippen molar-refractivity contribution in [3.8, 4) is 5.75 Å². The van der Waals surface area contributed by atoms with E-state index in [-0.39, 0.29) is 11.5 Å². The molecule has 0 spiro atoms. The highest BCUT2D eigenvalue weighted by atomic mass is 16.5. The zero-order valence-electron chi connectivity index (χ0n) is 16.4. The highest BCUT2D eigenvalue weighted by Gasteiger charge is 2.24. The van der Waals surface area contributed by atoms with Crippen molar-refractivity contribution in [1.29, 1.82) is 0 Å². The summed E-state index contributed by atoms with van der Waals surface area (Å²) in [4.78, 5) is 26.8. The number of hydrogen-bond acceptors (Lipinski definition) is 4. The maximum atomic E-state index is 12.6. The molecular formula is C22H27N3O3. The molecule has 1 aromatic carbocycles. The Kier molecular flexibility index (Phi) is 5.46. The minimum absolute atomic E-state index is 0.0126. The standard InChI is InChI=1S/C22H27N3O3/c1-28-19-7-5-16(6-8-19)13-21(26)24-11-9-17(10-12-24)15-25-22(27)14-18-3-2-4-20(18)23-25/h5-8,14,17H,2-4,9-13,15H2,1H3. The van der Waals surface area contributed by atoms with Crippen LogP contribution in [0.5, 0.6) is 5.75 Å². The summed E-state index contributed by atoms with van der Waals surface area (Å²) in [6, 6.07) is 9.42. The van der Waals surface area contributed by atoms with Crippen LogP contribution in [0.15, 0.2) is 35.1 Å². The zero-order chi connectivity index (χ0) is 19.5. The minimum atomic E-state index is 0.0126. The monoisotopic (exact) mass is 381 g/mol. The number of benzene rings is 1. The SMILES string of the molecule is COc1ccc(CC(=O)N2CCC(Cn3nc4c(cc3=O)CCC4)CC2)cc1. The first-order valence-electron chi connectivity index (χ1n) is 10.1. The fourth-order valence-corrected chi connectivity index (χ4v) is 4.21. The lowest BCUT2D eigenvalue weighted by Gasteiger charge is -2.32. The molecule has 0 unspecified atom stereocenters. The molecule has 2 aliphatic rings. The molecule has 0 N–H and O–H groups in total. The van der Waals surface area contributed by atoms with Crippen LogP contribution >= 0.6 is 0 Å². The van der Waals surface area contributed by atoms with Gasteiger partial charge in [0.2, 0.25) is 5.91 Å². The Morgan fingerprint density at radius 1 is 1.18 bits per heavy atom. The topological polar surface area (TPSA) is 64.4 Å². The summed E-state index contributed by atoms with van der Waals surface area (Å²) >= 11 is 0. The van der Waals surface area contributed by atoms with Gasteiger partial charge in [0.05, 0.1) is 19.2 Å². The quantitative estimate of drug-likeness (QED) is 0.797. The van der Waals surface area contributed by atoms with E-state index in [4.69, 9.17) is 4.74 Å². The number of methoxy groups -OCH3 is 1. The summed E-state index contributed by atoms with van der Waals surface area (Å²) in [6.45, 7) is 2.16. The van der Waals surface area contributed by atoms with Crippen LogP contribution in [0, 0.1) is 5.92 Å². The molecular weight excluding hydrogens is 354 g/mol. The number of nitrogens with zero attached hydrogens (tertiary/aromatic N) is 3. The second-order valence-corrected chi connectivity index (χ2v) is 7.84. The van der Waals surface area contributed by atoms with Gasteiger partial charge in [0.25, 0.3) is 5.56 Å². The summed E-state index contributed by atoms with van der Waals surface area (Å²) in [5.74, 6) is 1.36. The number of carbonyl (C=O) groups is 1. The van der Waals surface area contributed by atoms with Crippen LogP contribution in [0.2, 0.25) is 0 Å². The Balaban J connectivity index is 1.30. The lowest BCUT2D eigenvalue weighted by molar-refractivity contribution is -0.131. The van der Waals surface area contributed by atoms with E-state index in [1.54, 1.807) is 17.9 Å². The van der Waals surface area contributed by atoms with Crippen LogP contribution in [-0.2, 0) is 30.6 Å². The fraction of sp³-hybridized carbons (Fsp3) is 0.500. The van der Waals surface area contributed by atoms with Gasteiger partial charge in [0.1, 0.15) is 5.75 Å². The molecule has 1 fully saturated rings. The molecule has 28 heavy (non-hydrogen) atoms. The van der Waals surface area contributed by atoms with Gasteiger partial charge in [-0.25, -0.2) is 4.68 Å². The molecule has 6 heteroatoms. The highest BCUT2D eigenvalue weighted by molar-refractivity contribution is 5.78. The molecule has 0 bridgehead atoms. The molecule has 1 amide bonds. The van der Waals surface area contributed by atoms with E-state index >= 15 is 0 Å². The Bertz CT molecular complexity index is 896. The lowest BCUT2D eigenvalue weighted by atomic mass is 9.96. The Hall–Kier alpha value is -2.63. The Morgan fingerprint density at radius 3 is 2.64 bits per heavy atom. The first-order valence-corrected chi connectivity index (χ1v) is 10.1. The summed E-state index contributed by atoms with van der Waals surface area (Å²) in [6.07, 6.45) is 5.31. The van der Waals surface area contributed by atoms with Gasteiger partial charge in [0, 0.05) is 25.7 Å². The number of likely N-dealkylation sites (tertiary alicyclic amines) is 1. The highest BCUT2D eigenvalue weighted by Crippen LogP contribution is 2.21. The number of aromatic nitrogens is 2. The smallest absolute Gasteiger partial charge is 0.267 e. The molecule has 1 aliphatic heterocycles. The number of rotatable bonds is 5. The predicted octanol–water partition coefficient (Wildman–Crippen LogP) is 2.22. The molecule has 2 aromatic rings. The van der Waals surface area contributed by atoms with Gasteiger partial charge in [-0.1, -0.05) is 12.1 Å². The normalized spacial score (nSPS) is 16.8. The number of amides is 1. The number of hydrogen-bond donors (Lipinski definition) is 0. The van der Waals surface area contributed by atoms with Crippen LogP contribution < -0.4 is 10.3 Å². The second-order valence-electron chi connectivity index (χ2n) is 7.84. The predicted molar refractivity (Wildman–Crippen MR) is 107 cm³/mol. The van der Waals surface area contributed by atoms with E-state index in [0.717, 1.165) is 67.8 Å². The van der Waals surface area contributed by atoms with Gasteiger partial charge in [0.15, 0.2) is 0 Å². The van der Waals surface area contributed by atoms with Gasteiger partial charge < -0.3 is 9.64 Å². The second kappa shape index (κ2) is 8.17. The average Bonchev–Trinajstić information content (AvgIpc) is 3.16. The van der Waals surface area contributed by atoms with Crippen LogP contribution in [0.1, 0.15) is 36.1 Å². The van der Waals surface area contributed by atoms with Gasteiger partial charge in [-0.3, -0.25) is 9.59 Å². The number of carbonyl (C=O) groups excluding carboxylic acids is 1. The van der Waals surface area contributed by atoms with E-state index in [2.05, 4.69) is 5.10 Å². The maximum Gasteiger partial charge on any atom is 0.267 e. The van der Waals surface area contributed by atoms with Crippen molar-refractivity contribution < 1.29 is 9.53 Å². The van der Waals surface area contributed by atoms with E-state index < -0.39 is 0 Å². The molecule has 0 saturated carbocycles. The van der Waals surface area contributed by atoms with Gasteiger partial charge in [-0.2, -0.15) is 5.10 Å². The molecule has 1 aliphatic carbocycles. The molecule has 1 saturated heterocycles. The molecule has 1 aromatic heterocycles. The number of fused-ring (bicyclic) bond motifs is 1. The lowest BCUT2D eigenvalue weighted by Crippen LogP contribution is -2.41. The van der Waals surface area contributed by atoms with Crippen molar-refractivity contribution in [2.24, 2.45) is 5.92 Å². The first kappa shape index (κ1) is 18.7. The van der Waals surface area contributed by atoms with E-state index in [0.29, 0.717) is 18.9 Å². The number of ether oxygens (including phenoxy) is 1. The van der Waals surface area contributed by atoms with Crippen molar-refractivity contribution in [1.82, 2.24) is 14.7 Å². The molecule has 148 valence electrons. The molecule has 6 nitrogen and oxygen atoms in total. The van der Waals surface area contributed by atoms with Crippen LogP contribution in [0.4, 0.5) is 0 Å². The molecule has 4 rings (SSSR count).